The molecule has 0 unspecified atom stereocenters. The van der Waals surface area contributed by atoms with Gasteiger partial charge in [0, 0.05) is 23.3 Å². The second-order valence-electron chi connectivity index (χ2n) is 5.94. The molecule has 2 heterocycles. The molecular weight excluding hydrogens is 410 g/mol. The number of methoxy groups -OCH3 is 2. The van der Waals surface area contributed by atoms with Gasteiger partial charge in [0.25, 0.3) is 0 Å². The summed E-state index contributed by atoms with van der Waals surface area (Å²) in [4.78, 5) is 11.9. The van der Waals surface area contributed by atoms with Crippen molar-refractivity contribution in [1.29, 1.82) is 0 Å². The van der Waals surface area contributed by atoms with E-state index in [0.29, 0.717) is 22.2 Å². The fraction of sp³-hybridized carbons (Fsp3) is 0.150. The van der Waals surface area contributed by atoms with Crippen LogP contribution in [0.3, 0.4) is 0 Å². The number of hydrogen-bond acceptors (Lipinski definition) is 9. The number of nitrogens with one attached hydrogen (secondary N) is 1. The van der Waals surface area contributed by atoms with Crippen molar-refractivity contribution >= 4 is 44.9 Å². The van der Waals surface area contributed by atoms with Crippen molar-refractivity contribution in [3.8, 4) is 11.5 Å². The number of rotatable bonds is 7. The second-order valence-corrected chi connectivity index (χ2v) is 8.14. The van der Waals surface area contributed by atoms with Crippen LogP contribution in [0.4, 0.5) is 10.8 Å². The van der Waals surface area contributed by atoms with Crippen molar-refractivity contribution in [2.24, 2.45) is 0 Å². The molecule has 0 saturated heterocycles. The minimum atomic E-state index is -0.392. The zero-order valence-corrected chi connectivity index (χ0v) is 17.3. The van der Waals surface area contributed by atoms with E-state index >= 15 is 0 Å². The number of aromatic nitrogens is 2. The normalized spacial score (nSPS) is 10.8. The first-order chi connectivity index (χ1) is 14.2. The number of fused-ring (bicyclic) bond motifs is 1. The molecule has 7 nitrogen and oxygen atoms in total. The topological polar surface area (TPSA) is 86.5 Å². The maximum Gasteiger partial charge on any atom is 0.336 e. The van der Waals surface area contributed by atoms with Gasteiger partial charge in [-0.05, 0) is 29.8 Å². The molecule has 2 aromatic carbocycles. The number of ether oxygens (including phenoxy) is 2. The highest BCUT2D eigenvalue weighted by molar-refractivity contribution is 8.00. The Balaban J connectivity index is 1.51. The second kappa shape index (κ2) is 8.54. The summed E-state index contributed by atoms with van der Waals surface area (Å²) in [6.07, 6.45) is 0. The largest absolute Gasteiger partial charge is 0.497 e. The van der Waals surface area contributed by atoms with Gasteiger partial charge in [-0.15, -0.1) is 10.2 Å². The van der Waals surface area contributed by atoms with Crippen LogP contribution >= 0.6 is 23.1 Å². The summed E-state index contributed by atoms with van der Waals surface area (Å²) in [7, 11) is 3.20. The molecule has 0 spiro atoms. The molecule has 0 fully saturated rings. The van der Waals surface area contributed by atoms with Gasteiger partial charge in [0.05, 0.1) is 19.9 Å². The lowest BCUT2D eigenvalue weighted by Crippen LogP contribution is -2.00. The predicted octanol–water partition coefficient (Wildman–Crippen LogP) is 4.70. The predicted molar refractivity (Wildman–Crippen MR) is 115 cm³/mol. The lowest BCUT2D eigenvalue weighted by atomic mass is 10.1. The Morgan fingerprint density at radius 1 is 1.10 bits per heavy atom. The Morgan fingerprint density at radius 2 is 1.97 bits per heavy atom. The zero-order valence-electron chi connectivity index (χ0n) is 15.7. The first-order valence-electron chi connectivity index (χ1n) is 8.63. The number of hydrogen-bond donors (Lipinski definition) is 1. The van der Waals surface area contributed by atoms with E-state index in [4.69, 9.17) is 13.9 Å². The zero-order chi connectivity index (χ0) is 20.2. The Morgan fingerprint density at radius 3 is 2.79 bits per heavy atom. The van der Waals surface area contributed by atoms with E-state index in [9.17, 15) is 4.79 Å². The molecule has 148 valence electrons. The molecule has 0 bridgehead atoms. The van der Waals surface area contributed by atoms with Crippen LogP contribution < -0.4 is 20.4 Å². The minimum absolute atomic E-state index is 0.392. The Hall–Kier alpha value is -3.04. The summed E-state index contributed by atoms with van der Waals surface area (Å²) < 4.78 is 16.6. The van der Waals surface area contributed by atoms with Crippen molar-refractivity contribution < 1.29 is 13.9 Å². The summed E-state index contributed by atoms with van der Waals surface area (Å²) in [5, 5.41) is 13.2. The molecule has 4 aromatic rings. The number of benzene rings is 2. The number of thioether (sulfide) groups is 1. The number of para-hydroxylation sites is 2. The fourth-order valence-electron chi connectivity index (χ4n) is 2.78. The maximum atomic E-state index is 11.9. The monoisotopic (exact) mass is 427 g/mol. The molecule has 0 atom stereocenters. The van der Waals surface area contributed by atoms with E-state index in [0.717, 1.165) is 26.7 Å². The molecule has 9 heteroatoms. The molecule has 0 amide bonds. The summed E-state index contributed by atoms with van der Waals surface area (Å²) in [5.41, 5.74) is 1.81. The first kappa shape index (κ1) is 19.3. The Labute approximate surface area is 174 Å². The van der Waals surface area contributed by atoms with Gasteiger partial charge < -0.3 is 19.2 Å². The number of anilines is 2. The summed E-state index contributed by atoms with van der Waals surface area (Å²) in [6, 6.07) is 14.6. The van der Waals surface area contributed by atoms with Gasteiger partial charge in [0.1, 0.15) is 17.1 Å². The highest BCUT2D eigenvalue weighted by atomic mass is 32.2. The lowest BCUT2D eigenvalue weighted by Gasteiger charge is -2.07. The van der Waals surface area contributed by atoms with Crippen molar-refractivity contribution in [2.75, 3.05) is 19.5 Å². The molecule has 0 saturated carbocycles. The molecule has 0 aliphatic heterocycles. The third kappa shape index (κ3) is 4.36. The Bertz CT molecular complexity index is 1210. The summed E-state index contributed by atoms with van der Waals surface area (Å²) in [5.74, 6) is 1.94. The highest BCUT2D eigenvalue weighted by Gasteiger charge is 2.11. The van der Waals surface area contributed by atoms with Gasteiger partial charge in [0.15, 0.2) is 4.34 Å². The van der Waals surface area contributed by atoms with Gasteiger partial charge in [-0.2, -0.15) is 0 Å². The van der Waals surface area contributed by atoms with Crippen LogP contribution in [-0.4, -0.2) is 24.4 Å². The van der Waals surface area contributed by atoms with Gasteiger partial charge in [-0.1, -0.05) is 35.2 Å². The molecule has 0 radical (unpaired) electrons. The average molecular weight is 428 g/mol. The lowest BCUT2D eigenvalue weighted by molar-refractivity contribution is 0.414. The van der Waals surface area contributed by atoms with Crippen molar-refractivity contribution in [3.63, 3.8) is 0 Å². The van der Waals surface area contributed by atoms with E-state index in [2.05, 4.69) is 15.5 Å². The van der Waals surface area contributed by atoms with Gasteiger partial charge in [-0.25, -0.2) is 4.79 Å². The van der Waals surface area contributed by atoms with E-state index < -0.39 is 5.63 Å². The summed E-state index contributed by atoms with van der Waals surface area (Å²) >= 11 is 2.94. The molecule has 0 aliphatic carbocycles. The van der Waals surface area contributed by atoms with Crippen LogP contribution in [0.2, 0.25) is 0 Å². The summed E-state index contributed by atoms with van der Waals surface area (Å²) in [6.45, 7) is 0. The van der Waals surface area contributed by atoms with E-state index in [1.807, 2.05) is 36.4 Å². The first-order valence-corrected chi connectivity index (χ1v) is 10.4. The third-order valence-electron chi connectivity index (χ3n) is 4.14. The van der Waals surface area contributed by atoms with E-state index in [1.54, 1.807) is 20.3 Å². The molecule has 0 aliphatic rings. The van der Waals surface area contributed by atoms with Crippen LogP contribution in [0.15, 0.2) is 62.1 Å². The SMILES string of the molecule is COc1ccc2c(CSc3nnc(Nc4ccccc4OC)s3)cc(=O)oc2c1. The van der Waals surface area contributed by atoms with Crippen molar-refractivity contribution in [3.05, 3.63) is 64.5 Å². The number of nitrogens with zero attached hydrogens (tertiary/aromatic N) is 2. The maximum absolute atomic E-state index is 11.9. The van der Waals surface area contributed by atoms with Gasteiger partial charge in [-0.3, -0.25) is 0 Å². The molecule has 1 N–H and O–H groups in total. The molecule has 2 aromatic heterocycles. The van der Waals surface area contributed by atoms with Gasteiger partial charge >= 0.3 is 5.63 Å². The van der Waals surface area contributed by atoms with E-state index in [-0.39, 0.29) is 0 Å². The van der Waals surface area contributed by atoms with Crippen LogP contribution in [0.1, 0.15) is 5.56 Å². The minimum Gasteiger partial charge on any atom is -0.497 e. The van der Waals surface area contributed by atoms with Crippen molar-refractivity contribution in [2.45, 2.75) is 10.1 Å². The molecular formula is C20H17N3O4S2. The van der Waals surface area contributed by atoms with E-state index in [1.165, 1.54) is 29.2 Å². The van der Waals surface area contributed by atoms with Crippen LogP contribution in [0.25, 0.3) is 11.0 Å². The quantitative estimate of drug-likeness (QED) is 0.336. The standard InChI is InChI=1S/C20H17N3O4S2/c1-25-13-7-8-14-12(9-18(24)27-17(14)10-13)11-28-20-23-22-19(29-20)21-15-5-3-4-6-16(15)26-2/h3-10H,11H2,1-2H3,(H,21,22). The average Bonchev–Trinajstić information content (AvgIpc) is 3.19. The van der Waals surface area contributed by atoms with Crippen molar-refractivity contribution in [1.82, 2.24) is 10.2 Å². The molecule has 4 rings (SSSR count). The van der Waals surface area contributed by atoms with Crippen LogP contribution in [-0.2, 0) is 5.75 Å². The van der Waals surface area contributed by atoms with Crippen LogP contribution in [0.5, 0.6) is 11.5 Å². The van der Waals surface area contributed by atoms with Crippen LogP contribution in [0, 0.1) is 0 Å². The Kier molecular flexibility index (Phi) is 5.68. The molecule has 29 heavy (non-hydrogen) atoms. The smallest absolute Gasteiger partial charge is 0.336 e. The fourth-order valence-corrected chi connectivity index (χ4v) is 4.53. The highest BCUT2D eigenvalue weighted by Crippen LogP contribution is 2.33. The van der Waals surface area contributed by atoms with Gasteiger partial charge in [0.2, 0.25) is 5.13 Å². The third-order valence-corrected chi connectivity index (χ3v) is 6.16.